The molecule has 4 N–H and O–H groups in total. The molecule has 0 aliphatic rings. The Morgan fingerprint density at radius 1 is 1.44 bits per heavy atom. The molecule has 1 aromatic heterocycles. The molecule has 0 amide bonds. The molecule has 18 heavy (non-hydrogen) atoms. The van der Waals surface area contributed by atoms with Gasteiger partial charge in [-0.2, -0.15) is 4.98 Å². The van der Waals surface area contributed by atoms with Crippen LogP contribution in [0.5, 0.6) is 5.88 Å². The minimum atomic E-state index is -0.210. The number of nitrogens with two attached hydrogens (primary N) is 1. The normalized spacial score (nSPS) is 12.5. The van der Waals surface area contributed by atoms with Gasteiger partial charge >= 0.3 is 0 Å². The van der Waals surface area contributed by atoms with E-state index in [4.69, 9.17) is 20.3 Å². The van der Waals surface area contributed by atoms with Gasteiger partial charge in [-0.1, -0.05) is 0 Å². The first-order chi connectivity index (χ1) is 8.56. The fourth-order valence-electron chi connectivity index (χ4n) is 1.40. The minimum Gasteiger partial charge on any atom is -0.473 e. The van der Waals surface area contributed by atoms with Crippen molar-refractivity contribution >= 4 is 11.5 Å². The van der Waals surface area contributed by atoms with Crippen molar-refractivity contribution in [2.45, 2.75) is 26.0 Å². The predicted molar refractivity (Wildman–Crippen MR) is 70.8 cm³/mol. The van der Waals surface area contributed by atoms with E-state index < -0.39 is 0 Å². The number of aliphatic hydroxyl groups is 1. The number of ether oxygens (including phenoxy) is 2. The van der Waals surface area contributed by atoms with Crippen LogP contribution < -0.4 is 15.8 Å². The van der Waals surface area contributed by atoms with Crippen LogP contribution in [0.25, 0.3) is 0 Å². The molecule has 0 bridgehead atoms. The summed E-state index contributed by atoms with van der Waals surface area (Å²) in [6.07, 6.45) is 0.00247. The quantitative estimate of drug-likeness (QED) is 0.670. The molecule has 0 spiro atoms. The zero-order valence-electron chi connectivity index (χ0n) is 11.0. The third-order valence-corrected chi connectivity index (χ3v) is 2.18. The van der Waals surface area contributed by atoms with Gasteiger partial charge in [0, 0.05) is 7.11 Å². The molecular weight excluding hydrogens is 234 g/mol. The summed E-state index contributed by atoms with van der Waals surface area (Å²) in [4.78, 5) is 4.26. The van der Waals surface area contributed by atoms with Crippen molar-refractivity contribution in [3.8, 4) is 5.88 Å². The van der Waals surface area contributed by atoms with E-state index in [0.29, 0.717) is 24.0 Å². The van der Waals surface area contributed by atoms with Crippen LogP contribution in [-0.2, 0) is 4.74 Å². The molecule has 0 radical (unpaired) electrons. The van der Waals surface area contributed by atoms with Crippen LogP contribution in [0.2, 0.25) is 0 Å². The third-order valence-electron chi connectivity index (χ3n) is 2.18. The van der Waals surface area contributed by atoms with Gasteiger partial charge in [0.25, 0.3) is 0 Å². The Labute approximate surface area is 107 Å². The topological polar surface area (TPSA) is 89.6 Å². The van der Waals surface area contributed by atoms with Crippen LogP contribution in [0.1, 0.15) is 13.8 Å². The first kappa shape index (κ1) is 14.5. The lowest BCUT2D eigenvalue weighted by molar-refractivity contribution is 0.153. The number of rotatable bonds is 7. The zero-order valence-corrected chi connectivity index (χ0v) is 11.0. The Hall–Kier alpha value is -1.53. The van der Waals surface area contributed by atoms with Crippen molar-refractivity contribution in [1.82, 2.24) is 4.98 Å². The second-order valence-electron chi connectivity index (χ2n) is 4.24. The molecule has 1 aromatic rings. The lowest BCUT2D eigenvalue weighted by Gasteiger charge is -2.17. The van der Waals surface area contributed by atoms with E-state index >= 15 is 0 Å². The first-order valence-corrected chi connectivity index (χ1v) is 5.86. The zero-order chi connectivity index (χ0) is 13.5. The number of pyridine rings is 1. The van der Waals surface area contributed by atoms with Crippen molar-refractivity contribution in [3.63, 3.8) is 0 Å². The van der Waals surface area contributed by atoms with Crippen molar-refractivity contribution in [3.05, 3.63) is 12.1 Å². The largest absolute Gasteiger partial charge is 0.473 e. The van der Waals surface area contributed by atoms with Gasteiger partial charge < -0.3 is 25.6 Å². The number of aliphatic hydroxyl groups excluding tert-OH is 1. The van der Waals surface area contributed by atoms with Crippen molar-refractivity contribution in [2.24, 2.45) is 0 Å². The number of hydrogen-bond donors (Lipinski definition) is 3. The highest BCUT2D eigenvalue weighted by molar-refractivity contribution is 5.53. The number of nitrogens with zero attached hydrogens (tertiary/aromatic N) is 1. The maximum Gasteiger partial charge on any atom is 0.239 e. The number of nitrogen functional groups attached to an aromatic ring is 1. The monoisotopic (exact) mass is 255 g/mol. The summed E-state index contributed by atoms with van der Waals surface area (Å²) in [5.41, 5.74) is 6.26. The van der Waals surface area contributed by atoms with Crippen LogP contribution in [0, 0.1) is 0 Å². The van der Waals surface area contributed by atoms with Crippen LogP contribution in [0.3, 0.4) is 0 Å². The Kier molecular flexibility index (Phi) is 5.67. The number of aromatic nitrogens is 1. The molecule has 102 valence electrons. The molecule has 1 unspecified atom stereocenters. The first-order valence-electron chi connectivity index (χ1n) is 5.86. The molecule has 0 saturated heterocycles. The molecule has 6 heteroatoms. The molecule has 0 aliphatic carbocycles. The predicted octanol–water partition coefficient (Wildman–Crippen LogP) is 0.870. The van der Waals surface area contributed by atoms with Crippen LogP contribution >= 0.6 is 0 Å². The van der Waals surface area contributed by atoms with Gasteiger partial charge in [-0.05, 0) is 26.0 Å². The Bertz CT molecular complexity index is 372. The maximum absolute atomic E-state index is 9.16. The molecular formula is C12H21N3O3. The van der Waals surface area contributed by atoms with Gasteiger partial charge in [-0.3, -0.25) is 0 Å². The van der Waals surface area contributed by atoms with Gasteiger partial charge in [0.2, 0.25) is 5.88 Å². The average Bonchev–Trinajstić information content (AvgIpc) is 2.32. The summed E-state index contributed by atoms with van der Waals surface area (Å²) >= 11 is 0. The van der Waals surface area contributed by atoms with Crippen molar-refractivity contribution in [2.75, 3.05) is 31.4 Å². The van der Waals surface area contributed by atoms with Gasteiger partial charge in [-0.25, -0.2) is 0 Å². The summed E-state index contributed by atoms with van der Waals surface area (Å²) in [5, 5.41) is 12.2. The van der Waals surface area contributed by atoms with E-state index in [1.807, 2.05) is 13.8 Å². The highest BCUT2D eigenvalue weighted by Crippen LogP contribution is 2.22. The molecule has 0 aliphatic heterocycles. The van der Waals surface area contributed by atoms with Crippen LogP contribution in [-0.4, -0.2) is 42.6 Å². The standard InChI is InChI=1S/C12H21N3O3/c1-8(2)18-12-10(13)4-5-11(15-12)14-9(6-16)7-17-3/h4-5,8-9,16H,6-7,13H2,1-3H3,(H,14,15). The second-order valence-corrected chi connectivity index (χ2v) is 4.24. The van der Waals surface area contributed by atoms with E-state index in [9.17, 15) is 0 Å². The smallest absolute Gasteiger partial charge is 0.239 e. The number of hydrogen-bond acceptors (Lipinski definition) is 6. The molecule has 6 nitrogen and oxygen atoms in total. The van der Waals surface area contributed by atoms with Crippen LogP contribution in [0.4, 0.5) is 11.5 Å². The van der Waals surface area contributed by atoms with Gasteiger partial charge in [0.1, 0.15) is 5.82 Å². The van der Waals surface area contributed by atoms with Gasteiger partial charge in [-0.15, -0.1) is 0 Å². The fraction of sp³-hybridized carbons (Fsp3) is 0.583. The summed E-state index contributed by atoms with van der Waals surface area (Å²) in [7, 11) is 1.58. The summed E-state index contributed by atoms with van der Waals surface area (Å²) in [6, 6.07) is 3.24. The van der Waals surface area contributed by atoms with E-state index in [1.54, 1.807) is 19.2 Å². The Morgan fingerprint density at radius 3 is 2.72 bits per heavy atom. The molecule has 1 heterocycles. The van der Waals surface area contributed by atoms with Crippen LogP contribution in [0.15, 0.2) is 12.1 Å². The van der Waals surface area contributed by atoms with Crippen molar-refractivity contribution < 1.29 is 14.6 Å². The van der Waals surface area contributed by atoms with E-state index in [2.05, 4.69) is 10.3 Å². The maximum atomic E-state index is 9.16. The summed E-state index contributed by atoms with van der Waals surface area (Å²) in [5.74, 6) is 0.986. The number of nitrogens with one attached hydrogen (secondary N) is 1. The third kappa shape index (κ3) is 4.38. The lowest BCUT2D eigenvalue weighted by atomic mass is 10.3. The molecule has 1 atom stereocenters. The van der Waals surface area contributed by atoms with E-state index in [0.717, 1.165) is 0 Å². The SMILES string of the molecule is COCC(CO)Nc1ccc(N)c(OC(C)C)n1. The fourth-order valence-corrected chi connectivity index (χ4v) is 1.40. The second kappa shape index (κ2) is 7.03. The van der Waals surface area contributed by atoms with Gasteiger partial charge in [0.05, 0.1) is 31.0 Å². The van der Waals surface area contributed by atoms with E-state index in [-0.39, 0.29) is 18.8 Å². The summed E-state index contributed by atoms with van der Waals surface area (Å²) < 4.78 is 10.5. The highest BCUT2D eigenvalue weighted by Gasteiger charge is 2.10. The lowest BCUT2D eigenvalue weighted by Crippen LogP contribution is -2.29. The Balaban J connectivity index is 2.77. The number of anilines is 2. The molecule has 0 saturated carbocycles. The molecule has 1 rings (SSSR count). The molecule has 0 fully saturated rings. The van der Waals surface area contributed by atoms with Gasteiger partial charge in [0.15, 0.2) is 0 Å². The highest BCUT2D eigenvalue weighted by atomic mass is 16.5. The Morgan fingerprint density at radius 2 is 2.17 bits per heavy atom. The molecule has 0 aromatic carbocycles. The summed E-state index contributed by atoms with van der Waals surface area (Å²) in [6.45, 7) is 4.16. The number of methoxy groups -OCH3 is 1. The minimum absolute atomic E-state index is 0.00247. The van der Waals surface area contributed by atoms with E-state index in [1.165, 1.54) is 0 Å². The van der Waals surface area contributed by atoms with Crippen molar-refractivity contribution in [1.29, 1.82) is 0 Å². The average molecular weight is 255 g/mol.